The number of carbonyl (C=O) groups is 1. The Morgan fingerprint density at radius 1 is 1.19 bits per heavy atom. The lowest BCUT2D eigenvalue weighted by Gasteiger charge is -2.35. The van der Waals surface area contributed by atoms with Crippen molar-refractivity contribution in [3.8, 4) is 5.88 Å². The van der Waals surface area contributed by atoms with Crippen LogP contribution in [0.5, 0.6) is 5.88 Å². The van der Waals surface area contributed by atoms with Crippen LogP contribution in [-0.2, 0) is 17.8 Å². The Bertz CT molecular complexity index is 771. The van der Waals surface area contributed by atoms with Gasteiger partial charge in [0, 0.05) is 32.4 Å². The fraction of sp³-hybridized carbons (Fsp3) is 0.429. The molecule has 0 saturated carbocycles. The van der Waals surface area contributed by atoms with E-state index >= 15 is 0 Å². The highest BCUT2D eigenvalue weighted by Gasteiger charge is 2.22. The molecule has 0 aliphatic carbocycles. The summed E-state index contributed by atoms with van der Waals surface area (Å²) in [6, 6.07) is 11.7. The number of aromatic nitrogens is 1. The first-order valence-electron chi connectivity index (χ1n) is 9.28. The SMILES string of the molecule is COc1ncccc1C(=O)NCc1ccccc1CN1CC(C)OC(C)C1. The van der Waals surface area contributed by atoms with Gasteiger partial charge in [0.15, 0.2) is 0 Å². The molecule has 6 heteroatoms. The second-order valence-electron chi connectivity index (χ2n) is 6.96. The number of hydrogen-bond acceptors (Lipinski definition) is 5. The van der Waals surface area contributed by atoms with E-state index in [0.717, 1.165) is 25.2 Å². The number of rotatable bonds is 6. The van der Waals surface area contributed by atoms with Crippen molar-refractivity contribution in [3.05, 3.63) is 59.3 Å². The van der Waals surface area contributed by atoms with Crippen molar-refractivity contribution in [2.75, 3.05) is 20.2 Å². The lowest BCUT2D eigenvalue weighted by atomic mass is 10.1. The number of amides is 1. The Hall–Kier alpha value is -2.44. The monoisotopic (exact) mass is 369 g/mol. The number of nitrogens with one attached hydrogen (secondary N) is 1. The molecule has 6 nitrogen and oxygen atoms in total. The molecule has 1 amide bonds. The molecule has 1 fully saturated rings. The molecule has 2 aromatic rings. The molecule has 1 saturated heterocycles. The van der Waals surface area contributed by atoms with Crippen LogP contribution < -0.4 is 10.1 Å². The second kappa shape index (κ2) is 8.97. The third-order valence-electron chi connectivity index (χ3n) is 4.66. The number of benzene rings is 1. The number of pyridine rings is 1. The first-order chi connectivity index (χ1) is 13.1. The summed E-state index contributed by atoms with van der Waals surface area (Å²) in [6.45, 7) is 7.35. The predicted molar refractivity (Wildman–Crippen MR) is 104 cm³/mol. The molecule has 1 aliphatic heterocycles. The molecule has 1 aromatic heterocycles. The molecule has 0 bridgehead atoms. The van der Waals surface area contributed by atoms with Crippen molar-refractivity contribution in [1.29, 1.82) is 0 Å². The number of nitrogens with zero attached hydrogens (tertiary/aromatic N) is 2. The Morgan fingerprint density at radius 2 is 1.89 bits per heavy atom. The van der Waals surface area contributed by atoms with Gasteiger partial charge in [-0.1, -0.05) is 24.3 Å². The third-order valence-corrected chi connectivity index (χ3v) is 4.66. The molecule has 2 atom stereocenters. The molecule has 1 aromatic carbocycles. The Kier molecular flexibility index (Phi) is 6.42. The van der Waals surface area contributed by atoms with Crippen LogP contribution in [0, 0.1) is 0 Å². The van der Waals surface area contributed by atoms with Crippen LogP contribution in [0.2, 0.25) is 0 Å². The Balaban J connectivity index is 1.66. The molecule has 1 N–H and O–H groups in total. The van der Waals surface area contributed by atoms with Gasteiger partial charge in [-0.25, -0.2) is 4.98 Å². The quantitative estimate of drug-likeness (QED) is 0.848. The average molecular weight is 369 g/mol. The number of hydrogen-bond donors (Lipinski definition) is 1. The molecule has 27 heavy (non-hydrogen) atoms. The summed E-state index contributed by atoms with van der Waals surface area (Å²) in [5.41, 5.74) is 2.77. The van der Waals surface area contributed by atoms with E-state index in [1.807, 2.05) is 12.1 Å². The zero-order valence-electron chi connectivity index (χ0n) is 16.1. The number of methoxy groups -OCH3 is 1. The molecule has 2 heterocycles. The molecule has 3 rings (SSSR count). The van der Waals surface area contributed by atoms with Gasteiger partial charge in [0.25, 0.3) is 5.91 Å². The van der Waals surface area contributed by atoms with E-state index in [1.165, 1.54) is 12.7 Å². The first-order valence-corrected chi connectivity index (χ1v) is 9.28. The van der Waals surface area contributed by atoms with Crippen molar-refractivity contribution in [2.24, 2.45) is 0 Å². The number of carbonyl (C=O) groups excluding carboxylic acids is 1. The van der Waals surface area contributed by atoms with Gasteiger partial charge in [0.05, 0.1) is 19.3 Å². The van der Waals surface area contributed by atoms with Gasteiger partial charge in [-0.05, 0) is 37.1 Å². The number of morpholine rings is 1. The number of ether oxygens (including phenoxy) is 2. The van der Waals surface area contributed by atoms with Gasteiger partial charge in [0.2, 0.25) is 5.88 Å². The van der Waals surface area contributed by atoms with Crippen molar-refractivity contribution >= 4 is 5.91 Å². The van der Waals surface area contributed by atoms with E-state index in [4.69, 9.17) is 9.47 Å². The first kappa shape index (κ1) is 19.3. The Labute approximate surface area is 160 Å². The lowest BCUT2D eigenvalue weighted by Crippen LogP contribution is -2.45. The van der Waals surface area contributed by atoms with Gasteiger partial charge in [-0.15, -0.1) is 0 Å². The van der Waals surface area contributed by atoms with Crippen LogP contribution in [0.15, 0.2) is 42.6 Å². The van der Waals surface area contributed by atoms with E-state index < -0.39 is 0 Å². The minimum atomic E-state index is -0.191. The summed E-state index contributed by atoms with van der Waals surface area (Å²) in [6.07, 6.45) is 2.08. The Morgan fingerprint density at radius 3 is 2.59 bits per heavy atom. The molecule has 144 valence electrons. The standard InChI is InChI=1S/C21H27N3O3/c1-15-12-24(13-16(2)27-15)14-18-8-5-4-7-17(18)11-23-20(25)19-9-6-10-22-21(19)26-3/h4-10,15-16H,11-14H2,1-3H3,(H,23,25). The average Bonchev–Trinajstić information content (AvgIpc) is 2.66. The summed E-state index contributed by atoms with van der Waals surface area (Å²) in [4.78, 5) is 19.0. The van der Waals surface area contributed by atoms with Gasteiger partial charge < -0.3 is 14.8 Å². The molecular weight excluding hydrogens is 342 g/mol. The highest BCUT2D eigenvalue weighted by Crippen LogP contribution is 2.18. The minimum absolute atomic E-state index is 0.191. The summed E-state index contributed by atoms with van der Waals surface area (Å²) in [5.74, 6) is 0.142. The van der Waals surface area contributed by atoms with Crippen LogP contribution >= 0.6 is 0 Å². The summed E-state index contributed by atoms with van der Waals surface area (Å²) >= 11 is 0. The van der Waals surface area contributed by atoms with Gasteiger partial charge in [-0.2, -0.15) is 0 Å². The van der Waals surface area contributed by atoms with E-state index in [0.29, 0.717) is 18.0 Å². The van der Waals surface area contributed by atoms with Gasteiger partial charge in [-0.3, -0.25) is 9.69 Å². The van der Waals surface area contributed by atoms with Crippen LogP contribution in [0.3, 0.4) is 0 Å². The predicted octanol–water partition coefficient (Wildman–Crippen LogP) is 2.63. The zero-order valence-corrected chi connectivity index (χ0v) is 16.1. The van der Waals surface area contributed by atoms with Crippen LogP contribution in [0.4, 0.5) is 0 Å². The van der Waals surface area contributed by atoms with E-state index in [9.17, 15) is 4.79 Å². The maximum atomic E-state index is 12.5. The summed E-state index contributed by atoms with van der Waals surface area (Å²) in [7, 11) is 1.51. The molecule has 0 radical (unpaired) electrons. The van der Waals surface area contributed by atoms with E-state index in [-0.39, 0.29) is 18.1 Å². The maximum absolute atomic E-state index is 12.5. The summed E-state index contributed by atoms with van der Waals surface area (Å²) in [5, 5.41) is 2.98. The largest absolute Gasteiger partial charge is 0.480 e. The highest BCUT2D eigenvalue weighted by molar-refractivity contribution is 5.96. The zero-order chi connectivity index (χ0) is 19.2. The lowest BCUT2D eigenvalue weighted by molar-refractivity contribution is -0.0705. The fourth-order valence-corrected chi connectivity index (χ4v) is 3.54. The van der Waals surface area contributed by atoms with Gasteiger partial charge >= 0.3 is 0 Å². The summed E-state index contributed by atoms with van der Waals surface area (Å²) < 4.78 is 11.0. The van der Waals surface area contributed by atoms with E-state index in [2.05, 4.69) is 41.2 Å². The molecule has 2 unspecified atom stereocenters. The smallest absolute Gasteiger partial charge is 0.257 e. The maximum Gasteiger partial charge on any atom is 0.257 e. The normalized spacial score (nSPS) is 20.3. The van der Waals surface area contributed by atoms with E-state index in [1.54, 1.807) is 18.3 Å². The van der Waals surface area contributed by atoms with Gasteiger partial charge in [0.1, 0.15) is 5.56 Å². The molecular formula is C21H27N3O3. The van der Waals surface area contributed by atoms with Crippen LogP contribution in [-0.4, -0.2) is 48.2 Å². The topological polar surface area (TPSA) is 63.7 Å². The van der Waals surface area contributed by atoms with Crippen LogP contribution in [0.1, 0.15) is 35.3 Å². The van der Waals surface area contributed by atoms with Crippen molar-refractivity contribution in [1.82, 2.24) is 15.2 Å². The van der Waals surface area contributed by atoms with Crippen molar-refractivity contribution in [2.45, 2.75) is 39.1 Å². The van der Waals surface area contributed by atoms with Crippen LogP contribution in [0.25, 0.3) is 0 Å². The minimum Gasteiger partial charge on any atom is -0.480 e. The molecule has 0 spiro atoms. The fourth-order valence-electron chi connectivity index (χ4n) is 3.54. The van der Waals surface area contributed by atoms with Crippen molar-refractivity contribution in [3.63, 3.8) is 0 Å². The second-order valence-corrected chi connectivity index (χ2v) is 6.96. The molecule has 1 aliphatic rings. The third kappa shape index (κ3) is 5.05. The highest BCUT2D eigenvalue weighted by atomic mass is 16.5. The van der Waals surface area contributed by atoms with Crippen molar-refractivity contribution < 1.29 is 14.3 Å².